The van der Waals surface area contributed by atoms with E-state index in [1.807, 2.05) is 47.4 Å². The van der Waals surface area contributed by atoms with Crippen LogP contribution in [0.4, 0.5) is 11.8 Å². The molecule has 0 amide bonds. The minimum Gasteiger partial charge on any atom is -0.363 e. The Kier molecular flexibility index (Phi) is 5.38. The summed E-state index contributed by atoms with van der Waals surface area (Å²) in [6.45, 7) is 4.13. The van der Waals surface area contributed by atoms with E-state index in [9.17, 15) is 8.42 Å². The van der Waals surface area contributed by atoms with Crippen LogP contribution in [0.5, 0.6) is 0 Å². The van der Waals surface area contributed by atoms with Gasteiger partial charge in [-0.25, -0.2) is 13.4 Å². The molecule has 1 N–H and O–H groups in total. The van der Waals surface area contributed by atoms with E-state index in [0.717, 1.165) is 16.7 Å². The van der Waals surface area contributed by atoms with Gasteiger partial charge in [0.2, 0.25) is 16.0 Å². The van der Waals surface area contributed by atoms with Crippen LogP contribution in [-0.4, -0.2) is 55.1 Å². The van der Waals surface area contributed by atoms with Crippen LogP contribution in [0.25, 0.3) is 10.9 Å². The van der Waals surface area contributed by atoms with Gasteiger partial charge in [-0.2, -0.15) is 9.29 Å². The summed E-state index contributed by atoms with van der Waals surface area (Å²) in [6, 6.07) is 18.3. The molecule has 1 aromatic heterocycles. The van der Waals surface area contributed by atoms with E-state index < -0.39 is 10.0 Å². The molecule has 3 aromatic rings. The van der Waals surface area contributed by atoms with Crippen LogP contribution >= 0.6 is 0 Å². The Morgan fingerprint density at radius 3 is 2.28 bits per heavy atom. The molecule has 0 bridgehead atoms. The maximum Gasteiger partial charge on any atom is 0.227 e. The van der Waals surface area contributed by atoms with Crippen LogP contribution in [0.3, 0.4) is 0 Å². The Labute approximate surface area is 171 Å². The monoisotopic (exact) mass is 411 g/mol. The zero-order valence-electron chi connectivity index (χ0n) is 16.6. The number of nitrogens with zero attached hydrogens (tertiary/aromatic N) is 4. The highest BCUT2D eigenvalue weighted by Gasteiger charge is 2.25. The number of rotatable bonds is 5. The molecule has 1 aliphatic heterocycles. The predicted octanol–water partition coefficient (Wildman–Crippen LogP) is 2.88. The molecule has 0 saturated carbocycles. The summed E-state index contributed by atoms with van der Waals surface area (Å²) in [6.07, 6.45) is 1.25. The summed E-state index contributed by atoms with van der Waals surface area (Å²) in [4.78, 5) is 11.6. The lowest BCUT2D eigenvalue weighted by molar-refractivity contribution is 0.386. The van der Waals surface area contributed by atoms with Gasteiger partial charge < -0.3 is 10.2 Å². The summed E-state index contributed by atoms with van der Waals surface area (Å²) in [5, 5.41) is 4.50. The van der Waals surface area contributed by atoms with Gasteiger partial charge >= 0.3 is 0 Å². The number of anilines is 2. The lowest BCUT2D eigenvalue weighted by Gasteiger charge is -2.33. The normalized spacial score (nSPS) is 16.7. The van der Waals surface area contributed by atoms with Crippen molar-refractivity contribution in [3.8, 4) is 0 Å². The largest absolute Gasteiger partial charge is 0.363 e. The van der Waals surface area contributed by atoms with Crippen LogP contribution in [0, 0.1) is 0 Å². The van der Waals surface area contributed by atoms with E-state index in [1.54, 1.807) is 0 Å². The number of piperazine rings is 1. The van der Waals surface area contributed by atoms with Crippen LogP contribution in [0.15, 0.2) is 54.6 Å². The maximum atomic E-state index is 11.8. The number of aromatic nitrogens is 2. The smallest absolute Gasteiger partial charge is 0.227 e. The van der Waals surface area contributed by atoms with Crippen LogP contribution in [0.2, 0.25) is 0 Å². The number of fused-ring (bicyclic) bond motifs is 1. The first kappa shape index (κ1) is 19.6. The van der Waals surface area contributed by atoms with E-state index in [0.29, 0.717) is 32.1 Å². The van der Waals surface area contributed by atoms with Crippen molar-refractivity contribution < 1.29 is 8.42 Å². The fraction of sp³-hybridized carbons (Fsp3) is 0.333. The van der Waals surface area contributed by atoms with Gasteiger partial charge in [0, 0.05) is 37.6 Å². The van der Waals surface area contributed by atoms with E-state index in [4.69, 9.17) is 9.97 Å². The summed E-state index contributed by atoms with van der Waals surface area (Å²) < 4.78 is 25.1. The topological polar surface area (TPSA) is 78.4 Å². The average molecular weight is 412 g/mol. The van der Waals surface area contributed by atoms with Gasteiger partial charge in [0.05, 0.1) is 11.8 Å². The lowest BCUT2D eigenvalue weighted by Crippen LogP contribution is -2.48. The number of hydrogen-bond donors (Lipinski definition) is 1. The lowest BCUT2D eigenvalue weighted by atomic mass is 10.1. The third-order valence-corrected chi connectivity index (χ3v) is 6.54. The molecular formula is C21H25N5O2S. The SMILES string of the molecule is C[C@H](Nc1nc(N2CCN(S(C)(=O)=O)CC2)nc2ccccc12)c1ccccc1. The fourth-order valence-electron chi connectivity index (χ4n) is 3.57. The van der Waals surface area contributed by atoms with Crippen molar-refractivity contribution in [3.63, 3.8) is 0 Å². The van der Waals surface area contributed by atoms with Crippen molar-refractivity contribution in [2.45, 2.75) is 13.0 Å². The van der Waals surface area contributed by atoms with Gasteiger partial charge in [-0.1, -0.05) is 42.5 Å². The summed E-state index contributed by atoms with van der Waals surface area (Å²) >= 11 is 0. The molecule has 1 atom stereocenters. The Balaban J connectivity index is 1.63. The third kappa shape index (κ3) is 4.33. The Morgan fingerprint density at radius 2 is 1.59 bits per heavy atom. The second-order valence-corrected chi connectivity index (χ2v) is 9.30. The molecule has 1 saturated heterocycles. The van der Waals surface area contributed by atoms with Crippen molar-refractivity contribution in [2.24, 2.45) is 0 Å². The molecule has 4 rings (SSSR count). The minimum atomic E-state index is -3.17. The standard InChI is InChI=1S/C21H25N5O2S/c1-16(17-8-4-3-5-9-17)22-20-18-10-6-7-11-19(18)23-21(24-20)25-12-14-26(15-13-25)29(2,27)28/h3-11,16H,12-15H2,1-2H3,(H,22,23,24)/t16-/m0/s1. The maximum absolute atomic E-state index is 11.8. The molecule has 2 heterocycles. The van der Waals surface area contributed by atoms with E-state index in [2.05, 4.69) is 24.4 Å². The highest BCUT2D eigenvalue weighted by Crippen LogP contribution is 2.27. The highest BCUT2D eigenvalue weighted by atomic mass is 32.2. The van der Waals surface area contributed by atoms with Crippen LogP contribution in [0.1, 0.15) is 18.5 Å². The number of para-hydroxylation sites is 1. The first-order valence-electron chi connectivity index (χ1n) is 9.70. The number of hydrogen-bond acceptors (Lipinski definition) is 6. The number of nitrogens with one attached hydrogen (secondary N) is 1. The summed E-state index contributed by atoms with van der Waals surface area (Å²) in [7, 11) is -3.17. The molecule has 8 heteroatoms. The number of sulfonamides is 1. The third-order valence-electron chi connectivity index (χ3n) is 5.23. The second kappa shape index (κ2) is 7.96. The van der Waals surface area contributed by atoms with E-state index in [-0.39, 0.29) is 6.04 Å². The molecule has 0 unspecified atom stereocenters. The highest BCUT2D eigenvalue weighted by molar-refractivity contribution is 7.88. The van der Waals surface area contributed by atoms with Crippen molar-refractivity contribution in [1.82, 2.24) is 14.3 Å². The van der Waals surface area contributed by atoms with Crippen LogP contribution < -0.4 is 10.2 Å². The first-order valence-corrected chi connectivity index (χ1v) is 11.5. The van der Waals surface area contributed by atoms with Crippen molar-refractivity contribution in [3.05, 3.63) is 60.2 Å². The average Bonchev–Trinajstić information content (AvgIpc) is 2.74. The molecule has 0 aliphatic carbocycles. The van der Waals surface area contributed by atoms with Gasteiger partial charge in [0.1, 0.15) is 5.82 Å². The molecule has 152 valence electrons. The van der Waals surface area contributed by atoms with Gasteiger partial charge in [-0.3, -0.25) is 0 Å². The summed E-state index contributed by atoms with van der Waals surface area (Å²) in [5.41, 5.74) is 2.05. The molecule has 0 spiro atoms. The second-order valence-electron chi connectivity index (χ2n) is 7.32. The van der Waals surface area contributed by atoms with Gasteiger partial charge in [0.15, 0.2) is 0 Å². The van der Waals surface area contributed by atoms with Crippen molar-refractivity contribution >= 4 is 32.7 Å². The molecule has 2 aromatic carbocycles. The molecular weight excluding hydrogens is 386 g/mol. The van der Waals surface area contributed by atoms with Gasteiger partial charge in [0.25, 0.3) is 0 Å². The zero-order valence-corrected chi connectivity index (χ0v) is 17.4. The van der Waals surface area contributed by atoms with Crippen molar-refractivity contribution in [1.29, 1.82) is 0 Å². The fourth-order valence-corrected chi connectivity index (χ4v) is 4.39. The zero-order chi connectivity index (χ0) is 20.4. The predicted molar refractivity (Wildman–Crippen MR) is 117 cm³/mol. The van der Waals surface area contributed by atoms with Crippen LogP contribution in [-0.2, 0) is 10.0 Å². The molecule has 1 fully saturated rings. The molecule has 0 radical (unpaired) electrons. The first-order chi connectivity index (χ1) is 13.9. The summed E-state index contributed by atoms with van der Waals surface area (Å²) in [5.74, 6) is 1.41. The molecule has 29 heavy (non-hydrogen) atoms. The Bertz CT molecular complexity index is 1100. The van der Waals surface area contributed by atoms with E-state index in [1.165, 1.54) is 16.1 Å². The Morgan fingerprint density at radius 1 is 0.931 bits per heavy atom. The van der Waals surface area contributed by atoms with Gasteiger partial charge in [-0.15, -0.1) is 0 Å². The van der Waals surface area contributed by atoms with Gasteiger partial charge in [-0.05, 0) is 24.6 Å². The quantitative estimate of drug-likeness (QED) is 0.696. The minimum absolute atomic E-state index is 0.0874. The van der Waals surface area contributed by atoms with Crippen molar-refractivity contribution in [2.75, 3.05) is 42.7 Å². The molecule has 1 aliphatic rings. The number of benzene rings is 2. The van der Waals surface area contributed by atoms with E-state index >= 15 is 0 Å². The molecule has 7 nitrogen and oxygen atoms in total. The Hall–Kier alpha value is -2.71.